The summed E-state index contributed by atoms with van der Waals surface area (Å²) in [6.07, 6.45) is 3.76. The van der Waals surface area contributed by atoms with Crippen LogP contribution in [-0.2, 0) is 0 Å². The highest BCUT2D eigenvalue weighted by molar-refractivity contribution is 5.56. The molecule has 4 heteroatoms. The minimum absolute atomic E-state index is 0.380. The topological polar surface area (TPSA) is 39.1 Å². The summed E-state index contributed by atoms with van der Waals surface area (Å²) in [4.78, 5) is 4.30. The Kier molecular flexibility index (Phi) is 3.32. The van der Waals surface area contributed by atoms with Crippen LogP contribution in [0.5, 0.6) is 5.75 Å². The Bertz CT molecular complexity index is 491. The third-order valence-corrected chi connectivity index (χ3v) is 2.55. The van der Waals surface area contributed by atoms with Gasteiger partial charge in [-0.2, -0.15) is 0 Å². The molecule has 90 valence electrons. The van der Waals surface area contributed by atoms with Crippen LogP contribution in [0.25, 0.3) is 0 Å². The normalized spacial score (nSPS) is 10.6. The van der Waals surface area contributed by atoms with Crippen molar-refractivity contribution < 1.29 is 4.74 Å². The van der Waals surface area contributed by atoms with Crippen molar-refractivity contribution in [3.8, 4) is 5.75 Å². The van der Waals surface area contributed by atoms with Gasteiger partial charge in [0.1, 0.15) is 5.75 Å². The molecule has 17 heavy (non-hydrogen) atoms. The van der Waals surface area contributed by atoms with Crippen LogP contribution in [0.15, 0.2) is 36.7 Å². The molecule has 0 bridgehead atoms. The van der Waals surface area contributed by atoms with Gasteiger partial charge in [0.05, 0.1) is 7.11 Å². The summed E-state index contributed by atoms with van der Waals surface area (Å²) in [7, 11) is 1.66. The molecule has 0 aliphatic carbocycles. The number of rotatable bonds is 4. The highest BCUT2D eigenvalue weighted by Gasteiger charge is 2.06. The molecule has 1 heterocycles. The number of benzene rings is 1. The fourth-order valence-corrected chi connectivity index (χ4v) is 1.66. The lowest BCUT2D eigenvalue weighted by molar-refractivity contribution is 0.415. The molecule has 1 N–H and O–H groups in total. The summed E-state index contributed by atoms with van der Waals surface area (Å²) in [6.45, 7) is 4.25. The van der Waals surface area contributed by atoms with Gasteiger partial charge in [0.25, 0.3) is 0 Å². The van der Waals surface area contributed by atoms with Crippen molar-refractivity contribution in [2.75, 3.05) is 12.4 Å². The predicted molar refractivity (Wildman–Crippen MR) is 68.9 cm³/mol. The lowest BCUT2D eigenvalue weighted by atomic mass is 10.3. The zero-order chi connectivity index (χ0) is 12.3. The van der Waals surface area contributed by atoms with E-state index < -0.39 is 0 Å². The van der Waals surface area contributed by atoms with E-state index in [1.807, 2.05) is 30.5 Å². The minimum Gasteiger partial charge on any atom is -0.497 e. The van der Waals surface area contributed by atoms with Crippen molar-refractivity contribution in [3.63, 3.8) is 0 Å². The van der Waals surface area contributed by atoms with Crippen molar-refractivity contribution in [1.29, 1.82) is 0 Å². The third-order valence-electron chi connectivity index (χ3n) is 2.55. The number of aromatic nitrogens is 2. The van der Waals surface area contributed by atoms with Gasteiger partial charge in [-0.25, -0.2) is 4.98 Å². The van der Waals surface area contributed by atoms with Gasteiger partial charge in [-0.1, -0.05) is 6.07 Å². The first-order chi connectivity index (χ1) is 8.20. The first-order valence-electron chi connectivity index (χ1n) is 5.64. The van der Waals surface area contributed by atoms with Gasteiger partial charge in [-0.3, -0.25) is 0 Å². The maximum absolute atomic E-state index is 5.18. The van der Waals surface area contributed by atoms with E-state index in [-0.39, 0.29) is 0 Å². The monoisotopic (exact) mass is 231 g/mol. The van der Waals surface area contributed by atoms with Crippen molar-refractivity contribution in [2.45, 2.75) is 19.9 Å². The molecule has 0 saturated carbocycles. The van der Waals surface area contributed by atoms with Crippen LogP contribution < -0.4 is 10.1 Å². The van der Waals surface area contributed by atoms with Crippen LogP contribution in [0, 0.1) is 0 Å². The standard InChI is InChI=1S/C13H17N3O/c1-10(2)16-8-7-14-13(16)15-11-5-4-6-12(9-11)17-3/h4-10H,1-3H3,(H,14,15). The number of methoxy groups -OCH3 is 1. The quantitative estimate of drug-likeness (QED) is 0.878. The number of anilines is 2. The van der Waals surface area contributed by atoms with E-state index in [0.29, 0.717) is 6.04 Å². The number of hydrogen-bond acceptors (Lipinski definition) is 3. The molecular formula is C13H17N3O. The minimum atomic E-state index is 0.380. The fraction of sp³-hybridized carbons (Fsp3) is 0.308. The van der Waals surface area contributed by atoms with Crippen molar-refractivity contribution in [2.24, 2.45) is 0 Å². The second kappa shape index (κ2) is 4.91. The Hall–Kier alpha value is -1.97. The van der Waals surface area contributed by atoms with Crippen molar-refractivity contribution >= 4 is 11.6 Å². The smallest absolute Gasteiger partial charge is 0.207 e. The molecule has 0 radical (unpaired) electrons. The molecule has 2 rings (SSSR count). The maximum atomic E-state index is 5.18. The molecule has 1 aromatic heterocycles. The second-order valence-corrected chi connectivity index (χ2v) is 4.11. The zero-order valence-electron chi connectivity index (χ0n) is 10.3. The molecule has 0 aliphatic heterocycles. The van der Waals surface area contributed by atoms with Crippen molar-refractivity contribution in [3.05, 3.63) is 36.7 Å². The van der Waals surface area contributed by atoms with E-state index in [2.05, 4.69) is 28.7 Å². The number of nitrogens with one attached hydrogen (secondary N) is 1. The average molecular weight is 231 g/mol. The van der Waals surface area contributed by atoms with Crippen LogP contribution in [0.2, 0.25) is 0 Å². The van der Waals surface area contributed by atoms with Crippen molar-refractivity contribution in [1.82, 2.24) is 9.55 Å². The second-order valence-electron chi connectivity index (χ2n) is 4.11. The molecule has 0 aliphatic rings. The number of imidazole rings is 1. The first-order valence-corrected chi connectivity index (χ1v) is 5.64. The molecule has 2 aromatic rings. The Morgan fingerprint density at radius 2 is 2.18 bits per heavy atom. The lowest BCUT2D eigenvalue weighted by Gasteiger charge is -2.13. The van der Waals surface area contributed by atoms with E-state index in [9.17, 15) is 0 Å². The van der Waals surface area contributed by atoms with E-state index in [4.69, 9.17) is 4.74 Å². The SMILES string of the molecule is COc1cccc(Nc2nccn2C(C)C)c1. The van der Waals surface area contributed by atoms with E-state index in [1.165, 1.54) is 0 Å². The summed E-state index contributed by atoms with van der Waals surface area (Å²) in [6, 6.07) is 8.18. The fourth-order valence-electron chi connectivity index (χ4n) is 1.66. The van der Waals surface area contributed by atoms with E-state index in [1.54, 1.807) is 13.3 Å². The van der Waals surface area contributed by atoms with Gasteiger partial charge in [-0.15, -0.1) is 0 Å². The Morgan fingerprint density at radius 1 is 1.35 bits per heavy atom. The summed E-state index contributed by atoms with van der Waals surface area (Å²) in [5.41, 5.74) is 0.970. The lowest BCUT2D eigenvalue weighted by Crippen LogP contribution is -2.05. The molecule has 0 amide bonds. The van der Waals surface area contributed by atoms with Gasteiger partial charge in [0, 0.05) is 30.2 Å². The van der Waals surface area contributed by atoms with Gasteiger partial charge in [0.2, 0.25) is 5.95 Å². The average Bonchev–Trinajstić information content (AvgIpc) is 2.77. The Morgan fingerprint density at radius 3 is 2.88 bits per heavy atom. The predicted octanol–water partition coefficient (Wildman–Crippen LogP) is 3.22. The highest BCUT2D eigenvalue weighted by atomic mass is 16.5. The van der Waals surface area contributed by atoms with E-state index >= 15 is 0 Å². The molecule has 0 unspecified atom stereocenters. The maximum Gasteiger partial charge on any atom is 0.207 e. The van der Waals surface area contributed by atoms with Crippen LogP contribution in [0.4, 0.5) is 11.6 Å². The van der Waals surface area contributed by atoms with Gasteiger partial charge in [-0.05, 0) is 26.0 Å². The van der Waals surface area contributed by atoms with Crippen LogP contribution in [0.1, 0.15) is 19.9 Å². The molecule has 0 saturated heterocycles. The Labute approximate surface area is 101 Å². The number of hydrogen-bond donors (Lipinski definition) is 1. The largest absolute Gasteiger partial charge is 0.497 e. The number of nitrogens with zero attached hydrogens (tertiary/aromatic N) is 2. The zero-order valence-corrected chi connectivity index (χ0v) is 10.3. The van der Waals surface area contributed by atoms with E-state index in [0.717, 1.165) is 17.4 Å². The molecule has 1 aromatic carbocycles. The number of ether oxygens (including phenoxy) is 1. The van der Waals surface area contributed by atoms with Gasteiger partial charge < -0.3 is 14.6 Å². The summed E-state index contributed by atoms with van der Waals surface area (Å²) in [5, 5.41) is 3.28. The molecule has 0 fully saturated rings. The van der Waals surface area contributed by atoms with Crippen LogP contribution in [0.3, 0.4) is 0 Å². The van der Waals surface area contributed by atoms with Crippen LogP contribution >= 0.6 is 0 Å². The van der Waals surface area contributed by atoms with Crippen LogP contribution in [-0.4, -0.2) is 16.7 Å². The molecule has 0 spiro atoms. The summed E-state index contributed by atoms with van der Waals surface area (Å²) < 4.78 is 7.27. The molecule has 0 atom stereocenters. The summed E-state index contributed by atoms with van der Waals surface area (Å²) >= 11 is 0. The Balaban J connectivity index is 2.22. The van der Waals surface area contributed by atoms with Gasteiger partial charge in [0.15, 0.2) is 0 Å². The molecule has 4 nitrogen and oxygen atoms in total. The molecular weight excluding hydrogens is 214 g/mol. The highest BCUT2D eigenvalue weighted by Crippen LogP contribution is 2.21. The first kappa shape index (κ1) is 11.5. The third kappa shape index (κ3) is 2.58. The van der Waals surface area contributed by atoms with Gasteiger partial charge >= 0.3 is 0 Å². The summed E-state index contributed by atoms with van der Waals surface area (Å²) in [5.74, 6) is 1.67.